The molecule has 6 nitrogen and oxygen atoms in total. The van der Waals surface area contributed by atoms with E-state index in [0.717, 1.165) is 19.6 Å². The highest BCUT2D eigenvalue weighted by Crippen LogP contribution is 2.03. The number of carbonyl (C=O) groups is 2. The van der Waals surface area contributed by atoms with Crippen LogP contribution in [0.5, 0.6) is 0 Å². The highest BCUT2D eigenvalue weighted by molar-refractivity contribution is 6.20. The molecule has 0 aliphatic carbocycles. The molecule has 98 valence electrons. The minimum absolute atomic E-state index is 0.0349. The standard InChI is InChI=1S/C10H19ClN4O2/c1-9(16)15(11)8-5-13-3-6-14(7-4-13)10(17)12-2/h3-8H2,1-2H3,(H,12,17). The number of urea groups is 1. The summed E-state index contributed by atoms with van der Waals surface area (Å²) in [5, 5.41) is 2.61. The fourth-order valence-corrected chi connectivity index (χ4v) is 1.79. The monoisotopic (exact) mass is 262 g/mol. The Morgan fingerprint density at radius 1 is 1.29 bits per heavy atom. The van der Waals surface area contributed by atoms with E-state index in [9.17, 15) is 9.59 Å². The highest BCUT2D eigenvalue weighted by Gasteiger charge is 2.20. The number of carbonyl (C=O) groups excluding carboxylic acids is 2. The fourth-order valence-electron chi connectivity index (χ4n) is 1.72. The van der Waals surface area contributed by atoms with Crippen LogP contribution in [0.3, 0.4) is 0 Å². The molecule has 17 heavy (non-hydrogen) atoms. The van der Waals surface area contributed by atoms with E-state index in [-0.39, 0.29) is 11.9 Å². The van der Waals surface area contributed by atoms with Crippen LogP contribution in [0.15, 0.2) is 0 Å². The second kappa shape index (κ2) is 6.66. The molecule has 1 aliphatic rings. The third-order valence-electron chi connectivity index (χ3n) is 2.83. The van der Waals surface area contributed by atoms with E-state index in [2.05, 4.69) is 10.2 Å². The maximum Gasteiger partial charge on any atom is 0.317 e. The van der Waals surface area contributed by atoms with Gasteiger partial charge in [0.05, 0.1) is 6.54 Å². The maximum atomic E-state index is 11.4. The van der Waals surface area contributed by atoms with E-state index in [1.165, 1.54) is 11.3 Å². The number of hydrogen-bond acceptors (Lipinski definition) is 3. The molecule has 0 atom stereocenters. The van der Waals surface area contributed by atoms with Crippen molar-refractivity contribution in [1.82, 2.24) is 19.5 Å². The summed E-state index contributed by atoms with van der Waals surface area (Å²) in [6.45, 7) is 5.74. The van der Waals surface area contributed by atoms with Crippen LogP contribution in [0, 0.1) is 0 Å². The fraction of sp³-hybridized carbons (Fsp3) is 0.800. The molecule has 0 aromatic heterocycles. The van der Waals surface area contributed by atoms with Crippen molar-refractivity contribution in [2.75, 3.05) is 46.3 Å². The number of nitrogens with zero attached hydrogens (tertiary/aromatic N) is 3. The number of piperazine rings is 1. The molecule has 0 saturated carbocycles. The Morgan fingerprint density at radius 2 is 1.88 bits per heavy atom. The second-order valence-corrected chi connectivity index (χ2v) is 4.40. The zero-order valence-corrected chi connectivity index (χ0v) is 11.0. The van der Waals surface area contributed by atoms with Crippen molar-refractivity contribution in [1.29, 1.82) is 0 Å². The molecule has 7 heteroatoms. The molecule has 0 spiro atoms. The Balaban J connectivity index is 2.23. The van der Waals surface area contributed by atoms with Crippen LogP contribution in [0.2, 0.25) is 0 Å². The normalized spacial score (nSPS) is 16.8. The molecular formula is C10H19ClN4O2. The Morgan fingerprint density at radius 3 is 2.35 bits per heavy atom. The predicted molar refractivity (Wildman–Crippen MR) is 65.7 cm³/mol. The van der Waals surface area contributed by atoms with Gasteiger partial charge < -0.3 is 10.2 Å². The zero-order chi connectivity index (χ0) is 12.8. The lowest BCUT2D eigenvalue weighted by molar-refractivity contribution is -0.124. The van der Waals surface area contributed by atoms with E-state index < -0.39 is 0 Å². The highest BCUT2D eigenvalue weighted by atomic mass is 35.5. The molecule has 3 amide bonds. The first-order valence-electron chi connectivity index (χ1n) is 5.67. The van der Waals surface area contributed by atoms with E-state index in [0.29, 0.717) is 19.6 Å². The van der Waals surface area contributed by atoms with E-state index >= 15 is 0 Å². The van der Waals surface area contributed by atoms with Gasteiger partial charge >= 0.3 is 6.03 Å². The lowest BCUT2D eigenvalue weighted by atomic mass is 10.3. The Kier molecular flexibility index (Phi) is 5.50. The van der Waals surface area contributed by atoms with Gasteiger partial charge in [0.15, 0.2) is 0 Å². The smallest absolute Gasteiger partial charge is 0.317 e. The molecular weight excluding hydrogens is 244 g/mol. The number of nitrogens with one attached hydrogen (secondary N) is 1. The van der Waals surface area contributed by atoms with Crippen LogP contribution >= 0.6 is 11.8 Å². The summed E-state index contributed by atoms with van der Waals surface area (Å²) < 4.78 is 1.19. The number of amides is 3. The summed E-state index contributed by atoms with van der Waals surface area (Å²) in [5.74, 6) is -0.143. The van der Waals surface area contributed by atoms with Crippen LogP contribution in [-0.4, -0.2) is 72.5 Å². The van der Waals surface area contributed by atoms with Gasteiger partial charge in [0.2, 0.25) is 5.91 Å². The first kappa shape index (κ1) is 14.1. The summed E-state index contributed by atoms with van der Waals surface area (Å²) in [6.07, 6.45) is 0. The Hall–Kier alpha value is -1.01. The van der Waals surface area contributed by atoms with Crippen LogP contribution in [0.25, 0.3) is 0 Å². The molecule has 0 bridgehead atoms. The molecule has 0 aromatic rings. The van der Waals surface area contributed by atoms with Crippen molar-refractivity contribution >= 4 is 23.7 Å². The van der Waals surface area contributed by atoms with Gasteiger partial charge in [-0.05, 0) is 0 Å². The number of halogens is 1. The quantitative estimate of drug-likeness (QED) is 0.726. The van der Waals surface area contributed by atoms with Crippen molar-refractivity contribution in [2.45, 2.75) is 6.92 Å². The van der Waals surface area contributed by atoms with Gasteiger partial charge in [-0.1, -0.05) is 0 Å². The van der Waals surface area contributed by atoms with E-state index in [1.54, 1.807) is 11.9 Å². The van der Waals surface area contributed by atoms with Crippen molar-refractivity contribution < 1.29 is 9.59 Å². The molecule has 1 N–H and O–H groups in total. The van der Waals surface area contributed by atoms with Crippen molar-refractivity contribution in [3.8, 4) is 0 Å². The predicted octanol–water partition coefficient (Wildman–Crippen LogP) is -0.0543. The van der Waals surface area contributed by atoms with Crippen LogP contribution < -0.4 is 5.32 Å². The number of rotatable bonds is 3. The maximum absolute atomic E-state index is 11.4. The van der Waals surface area contributed by atoms with Crippen molar-refractivity contribution in [2.24, 2.45) is 0 Å². The average molecular weight is 263 g/mol. The molecule has 1 heterocycles. The first-order chi connectivity index (χ1) is 8.04. The third kappa shape index (κ3) is 4.40. The third-order valence-corrected chi connectivity index (χ3v) is 3.23. The summed E-state index contributed by atoms with van der Waals surface area (Å²) in [4.78, 5) is 26.2. The van der Waals surface area contributed by atoms with Crippen LogP contribution in [0.1, 0.15) is 6.92 Å². The molecule has 0 unspecified atom stereocenters. The summed E-state index contributed by atoms with van der Waals surface area (Å²) in [6, 6.07) is -0.0349. The lowest BCUT2D eigenvalue weighted by Gasteiger charge is -2.34. The van der Waals surface area contributed by atoms with Crippen molar-refractivity contribution in [3.05, 3.63) is 0 Å². The van der Waals surface area contributed by atoms with Gasteiger partial charge in [-0.3, -0.25) is 14.1 Å². The van der Waals surface area contributed by atoms with Crippen molar-refractivity contribution in [3.63, 3.8) is 0 Å². The van der Waals surface area contributed by atoms with Gasteiger partial charge in [-0.15, -0.1) is 0 Å². The summed E-state index contributed by atoms with van der Waals surface area (Å²) >= 11 is 5.72. The Bertz CT molecular complexity index is 279. The van der Waals surface area contributed by atoms with Gasteiger partial charge in [0, 0.05) is 58.5 Å². The average Bonchev–Trinajstić information content (AvgIpc) is 2.35. The Labute approximate surface area is 107 Å². The molecule has 0 radical (unpaired) electrons. The van der Waals surface area contributed by atoms with Gasteiger partial charge in [0.1, 0.15) is 0 Å². The number of hydrogen-bond donors (Lipinski definition) is 1. The lowest BCUT2D eigenvalue weighted by Crippen LogP contribution is -2.52. The topological polar surface area (TPSA) is 55.9 Å². The SMILES string of the molecule is CNC(=O)N1CCN(CCN(Cl)C(C)=O)CC1. The van der Waals surface area contributed by atoms with Crippen LogP contribution in [0.4, 0.5) is 4.79 Å². The molecule has 1 saturated heterocycles. The molecule has 1 aliphatic heterocycles. The minimum atomic E-state index is -0.143. The second-order valence-electron chi connectivity index (χ2n) is 3.99. The molecule has 0 aromatic carbocycles. The molecule has 1 rings (SSSR count). The van der Waals surface area contributed by atoms with Crippen LogP contribution in [-0.2, 0) is 4.79 Å². The first-order valence-corrected chi connectivity index (χ1v) is 6.01. The summed E-state index contributed by atoms with van der Waals surface area (Å²) in [7, 11) is 1.63. The van der Waals surface area contributed by atoms with E-state index in [1.807, 2.05) is 0 Å². The van der Waals surface area contributed by atoms with E-state index in [4.69, 9.17) is 11.8 Å². The minimum Gasteiger partial charge on any atom is -0.341 e. The summed E-state index contributed by atoms with van der Waals surface area (Å²) in [5.41, 5.74) is 0. The molecule has 1 fully saturated rings. The zero-order valence-electron chi connectivity index (χ0n) is 10.3. The van der Waals surface area contributed by atoms with Gasteiger partial charge in [0.25, 0.3) is 0 Å². The van der Waals surface area contributed by atoms with Gasteiger partial charge in [-0.2, -0.15) is 0 Å². The largest absolute Gasteiger partial charge is 0.341 e. The van der Waals surface area contributed by atoms with Gasteiger partial charge in [-0.25, -0.2) is 4.79 Å².